The van der Waals surface area contributed by atoms with Crippen molar-refractivity contribution in [1.29, 1.82) is 0 Å². The first kappa shape index (κ1) is 20.8. The smallest absolute Gasteiger partial charge is 0.257 e. The molecule has 1 aliphatic rings. The molecule has 0 amide bonds. The number of hydrogen-bond acceptors (Lipinski definition) is 6. The predicted octanol–water partition coefficient (Wildman–Crippen LogP) is 6.36. The molecule has 1 N–H and O–H groups in total. The summed E-state index contributed by atoms with van der Waals surface area (Å²) in [6, 6.07) is 8.16. The lowest BCUT2D eigenvalue weighted by atomic mass is 9.96. The molecule has 9 heteroatoms. The second kappa shape index (κ2) is 9.20. The molecule has 5 rings (SSSR count). The van der Waals surface area contributed by atoms with E-state index in [-0.39, 0.29) is 0 Å². The fourth-order valence-electron chi connectivity index (χ4n) is 3.97. The highest BCUT2D eigenvalue weighted by Crippen LogP contribution is 2.33. The summed E-state index contributed by atoms with van der Waals surface area (Å²) in [5.41, 5.74) is 2.40. The number of fused-ring (bicyclic) bond motifs is 1. The van der Waals surface area contributed by atoms with Crippen LogP contribution >= 0.6 is 11.3 Å². The van der Waals surface area contributed by atoms with Crippen LogP contribution in [0.15, 0.2) is 49.1 Å². The number of halogens is 2. The number of nitrogens with zero attached hydrogens (tertiary/aromatic N) is 4. The van der Waals surface area contributed by atoms with E-state index in [1.165, 1.54) is 36.8 Å². The summed E-state index contributed by atoms with van der Waals surface area (Å²) in [6.45, 7) is -0.434. The number of benzene rings is 1. The summed E-state index contributed by atoms with van der Waals surface area (Å²) in [6.07, 6.45) is 10.3. The molecule has 0 aliphatic heterocycles. The van der Waals surface area contributed by atoms with Crippen LogP contribution in [0.3, 0.4) is 0 Å². The molecule has 3 heterocycles. The van der Waals surface area contributed by atoms with Crippen molar-refractivity contribution in [2.75, 3.05) is 5.32 Å². The molecule has 166 valence electrons. The highest BCUT2D eigenvalue weighted by atomic mass is 32.1. The van der Waals surface area contributed by atoms with E-state index < -0.39 is 13.0 Å². The molecular weight excluding hydrogens is 432 g/mol. The molecule has 4 aromatic rings. The number of ether oxygens (including phenoxy) is 1. The molecule has 0 unspecified atom stereocenters. The maximum Gasteiger partial charge on any atom is 0.257 e. The Kier molecular flexibility index (Phi) is 5.98. The molecule has 0 spiro atoms. The molecule has 1 aromatic carbocycles. The SMILES string of the molecule is FC(F)Cn1cc(-c2cncc(Oc3ccc4nc(NC5CCCCC5)sc4c3)c2)cn1. The van der Waals surface area contributed by atoms with Gasteiger partial charge in [-0.3, -0.25) is 9.67 Å². The van der Waals surface area contributed by atoms with E-state index in [1.807, 2.05) is 24.3 Å². The lowest BCUT2D eigenvalue weighted by Crippen LogP contribution is -2.21. The molecule has 0 bridgehead atoms. The monoisotopic (exact) mass is 455 g/mol. The molecule has 3 aromatic heterocycles. The summed E-state index contributed by atoms with van der Waals surface area (Å²) >= 11 is 1.63. The average Bonchev–Trinajstić information content (AvgIpc) is 3.40. The third-order valence-electron chi connectivity index (χ3n) is 5.53. The van der Waals surface area contributed by atoms with Gasteiger partial charge >= 0.3 is 0 Å². The van der Waals surface area contributed by atoms with Crippen molar-refractivity contribution in [2.24, 2.45) is 0 Å². The highest BCUT2D eigenvalue weighted by Gasteiger charge is 2.15. The van der Waals surface area contributed by atoms with Gasteiger partial charge in [-0.1, -0.05) is 30.6 Å². The molecule has 1 fully saturated rings. The molecule has 0 atom stereocenters. The standard InChI is InChI=1S/C23H23F2N5OS/c24-22(25)14-30-13-16(11-27-30)15-8-19(12-26-10-15)31-18-6-7-20-21(9-18)32-23(29-20)28-17-4-2-1-3-5-17/h6-13,17,22H,1-5,14H2,(H,28,29). The second-order valence-electron chi connectivity index (χ2n) is 7.98. The van der Waals surface area contributed by atoms with Crippen molar-refractivity contribution in [2.45, 2.75) is 51.1 Å². The number of hydrogen-bond donors (Lipinski definition) is 1. The van der Waals surface area contributed by atoms with Gasteiger partial charge in [0.25, 0.3) is 6.43 Å². The van der Waals surface area contributed by atoms with E-state index in [1.54, 1.807) is 36.1 Å². The molecule has 1 aliphatic carbocycles. The van der Waals surface area contributed by atoms with E-state index in [0.29, 0.717) is 23.1 Å². The second-order valence-corrected chi connectivity index (χ2v) is 9.01. The van der Waals surface area contributed by atoms with E-state index in [0.717, 1.165) is 20.9 Å². The fourth-order valence-corrected chi connectivity index (χ4v) is 4.95. The maximum atomic E-state index is 12.6. The van der Waals surface area contributed by atoms with Gasteiger partial charge < -0.3 is 10.1 Å². The summed E-state index contributed by atoms with van der Waals surface area (Å²) in [5, 5.41) is 8.51. The first-order valence-corrected chi connectivity index (χ1v) is 11.5. The van der Waals surface area contributed by atoms with Crippen LogP contribution in [0.1, 0.15) is 32.1 Å². The normalized spacial score (nSPS) is 14.8. The zero-order chi connectivity index (χ0) is 21.9. The number of nitrogens with one attached hydrogen (secondary N) is 1. The Balaban J connectivity index is 1.30. The number of rotatable bonds is 7. The fraction of sp³-hybridized carbons (Fsp3) is 0.348. The minimum Gasteiger partial charge on any atom is -0.456 e. The number of alkyl halides is 2. The number of thiazole rings is 1. The minimum absolute atomic E-state index is 0.434. The van der Waals surface area contributed by atoms with Crippen LogP contribution in [-0.2, 0) is 6.54 Å². The summed E-state index contributed by atoms with van der Waals surface area (Å²) < 4.78 is 33.4. The number of aromatic nitrogens is 4. The topological polar surface area (TPSA) is 64.9 Å². The van der Waals surface area contributed by atoms with Gasteiger partial charge in [-0.25, -0.2) is 13.8 Å². The average molecular weight is 456 g/mol. The summed E-state index contributed by atoms with van der Waals surface area (Å²) in [5.74, 6) is 1.26. The van der Waals surface area contributed by atoms with Crippen LogP contribution in [-0.4, -0.2) is 32.2 Å². The largest absolute Gasteiger partial charge is 0.456 e. The lowest BCUT2D eigenvalue weighted by molar-refractivity contribution is 0.122. The first-order valence-electron chi connectivity index (χ1n) is 10.7. The van der Waals surface area contributed by atoms with E-state index in [4.69, 9.17) is 9.72 Å². The van der Waals surface area contributed by atoms with Crippen molar-refractivity contribution in [1.82, 2.24) is 19.7 Å². The molecule has 0 saturated heterocycles. The third-order valence-corrected chi connectivity index (χ3v) is 6.48. The van der Waals surface area contributed by atoms with Crippen molar-refractivity contribution >= 4 is 26.7 Å². The van der Waals surface area contributed by atoms with Gasteiger partial charge in [0.1, 0.15) is 18.0 Å². The Labute approximate surface area is 188 Å². The van der Waals surface area contributed by atoms with Gasteiger partial charge in [0.2, 0.25) is 0 Å². The molecule has 32 heavy (non-hydrogen) atoms. The van der Waals surface area contributed by atoms with Gasteiger partial charge in [0.05, 0.1) is 22.6 Å². The van der Waals surface area contributed by atoms with Gasteiger partial charge in [0, 0.05) is 35.6 Å². The van der Waals surface area contributed by atoms with Crippen molar-refractivity contribution < 1.29 is 13.5 Å². The third kappa shape index (κ3) is 4.88. The van der Waals surface area contributed by atoms with Crippen molar-refractivity contribution in [3.63, 3.8) is 0 Å². The lowest BCUT2D eigenvalue weighted by Gasteiger charge is -2.22. The molecule has 0 radical (unpaired) electrons. The summed E-state index contributed by atoms with van der Waals surface area (Å²) in [4.78, 5) is 8.94. The van der Waals surface area contributed by atoms with Gasteiger partial charge in [-0.15, -0.1) is 0 Å². The zero-order valence-corrected chi connectivity index (χ0v) is 18.2. The van der Waals surface area contributed by atoms with Gasteiger partial charge in [0.15, 0.2) is 5.13 Å². The predicted molar refractivity (Wildman–Crippen MR) is 122 cm³/mol. The Hall–Kier alpha value is -3.07. The zero-order valence-electron chi connectivity index (χ0n) is 17.4. The molecule has 6 nitrogen and oxygen atoms in total. The molecule has 1 saturated carbocycles. The number of anilines is 1. The Morgan fingerprint density at radius 3 is 2.78 bits per heavy atom. The Morgan fingerprint density at radius 2 is 1.94 bits per heavy atom. The van der Waals surface area contributed by atoms with E-state index in [2.05, 4.69) is 15.4 Å². The van der Waals surface area contributed by atoms with Crippen LogP contribution < -0.4 is 10.1 Å². The van der Waals surface area contributed by atoms with E-state index in [9.17, 15) is 8.78 Å². The van der Waals surface area contributed by atoms with Crippen LogP contribution in [0.2, 0.25) is 0 Å². The molecular formula is C23H23F2N5OS. The van der Waals surface area contributed by atoms with Crippen molar-refractivity contribution in [3.8, 4) is 22.6 Å². The van der Waals surface area contributed by atoms with Crippen LogP contribution in [0, 0.1) is 0 Å². The van der Waals surface area contributed by atoms with Gasteiger partial charge in [-0.05, 0) is 31.0 Å². The van der Waals surface area contributed by atoms with Crippen molar-refractivity contribution in [3.05, 3.63) is 49.1 Å². The minimum atomic E-state index is -2.45. The van der Waals surface area contributed by atoms with Crippen LogP contribution in [0.4, 0.5) is 13.9 Å². The number of pyridine rings is 1. The van der Waals surface area contributed by atoms with Crippen LogP contribution in [0.5, 0.6) is 11.5 Å². The summed E-state index contributed by atoms with van der Waals surface area (Å²) in [7, 11) is 0. The highest BCUT2D eigenvalue weighted by molar-refractivity contribution is 7.22. The quantitative estimate of drug-likeness (QED) is 0.351. The first-order chi connectivity index (χ1) is 15.6. The Morgan fingerprint density at radius 1 is 1.06 bits per heavy atom. The van der Waals surface area contributed by atoms with Gasteiger partial charge in [-0.2, -0.15) is 5.10 Å². The van der Waals surface area contributed by atoms with Crippen LogP contribution in [0.25, 0.3) is 21.3 Å². The Bertz CT molecular complexity index is 1200. The maximum absolute atomic E-state index is 12.6. The van der Waals surface area contributed by atoms with E-state index >= 15 is 0 Å².